The number of halogens is 1. The Kier molecular flexibility index (Phi) is 9.52. The maximum Gasteiger partial charge on any atom is 0.166 e. The van der Waals surface area contributed by atoms with Gasteiger partial charge in [0.2, 0.25) is 0 Å². The second-order valence-electron chi connectivity index (χ2n) is 5.85. The molecule has 0 amide bonds. The van der Waals surface area contributed by atoms with E-state index in [1.165, 1.54) is 70.3 Å². The Morgan fingerprint density at radius 1 is 1.00 bits per heavy atom. The molecule has 0 unspecified atom stereocenters. The lowest BCUT2D eigenvalue weighted by atomic mass is 10.0. The van der Waals surface area contributed by atoms with Crippen LogP contribution in [0, 0.1) is 5.82 Å². The molecule has 0 N–H and O–H groups in total. The zero-order valence-corrected chi connectivity index (χ0v) is 14.0. The fraction of sp³-hybridized carbons (Fsp3) is 0.632. The number of carbonyl (C=O) groups is 1. The highest BCUT2D eigenvalue weighted by atomic mass is 19.1. The molecule has 1 aromatic rings. The molecule has 0 bridgehead atoms. The predicted molar refractivity (Wildman–Crippen MR) is 89.1 cm³/mol. The minimum Gasteiger partial charge on any atom is -0.496 e. The molecule has 1 aromatic carbocycles. The molecule has 124 valence electrons. The van der Waals surface area contributed by atoms with Crippen LogP contribution in [-0.4, -0.2) is 12.9 Å². The summed E-state index contributed by atoms with van der Waals surface area (Å²) in [5, 5.41) is 0. The average molecular weight is 308 g/mol. The lowest BCUT2D eigenvalue weighted by Gasteiger charge is -2.07. The molecular formula is C19H29FO2. The zero-order valence-electron chi connectivity index (χ0n) is 14.0. The maximum atomic E-state index is 13.3. The summed E-state index contributed by atoms with van der Waals surface area (Å²) in [7, 11) is 1.50. The van der Waals surface area contributed by atoms with E-state index in [1.807, 2.05) is 0 Å². The molecule has 0 radical (unpaired) electrons. The number of hydrogen-bond acceptors (Lipinski definition) is 2. The first-order valence-corrected chi connectivity index (χ1v) is 8.55. The van der Waals surface area contributed by atoms with Crippen molar-refractivity contribution in [1.82, 2.24) is 0 Å². The number of ether oxygens (including phenoxy) is 1. The molecule has 1 rings (SSSR count). The number of rotatable bonds is 12. The first-order valence-electron chi connectivity index (χ1n) is 8.55. The highest BCUT2D eigenvalue weighted by Crippen LogP contribution is 2.22. The fourth-order valence-electron chi connectivity index (χ4n) is 2.63. The van der Waals surface area contributed by atoms with Crippen LogP contribution in [0.1, 0.15) is 81.5 Å². The Morgan fingerprint density at radius 3 is 2.18 bits per heavy atom. The van der Waals surface area contributed by atoms with E-state index in [9.17, 15) is 9.18 Å². The third-order valence-electron chi connectivity index (χ3n) is 3.97. The fourth-order valence-corrected chi connectivity index (χ4v) is 2.63. The van der Waals surface area contributed by atoms with Crippen LogP contribution in [0.2, 0.25) is 0 Å². The summed E-state index contributed by atoms with van der Waals surface area (Å²) in [6.07, 6.45) is 11.4. The van der Waals surface area contributed by atoms with Crippen molar-refractivity contribution >= 4 is 5.78 Å². The van der Waals surface area contributed by atoms with E-state index in [2.05, 4.69) is 6.92 Å². The zero-order chi connectivity index (χ0) is 16.2. The van der Waals surface area contributed by atoms with Gasteiger partial charge >= 0.3 is 0 Å². The van der Waals surface area contributed by atoms with E-state index in [0.29, 0.717) is 17.7 Å². The number of unbranched alkanes of at least 4 members (excludes halogenated alkanes) is 8. The Labute approximate surface area is 134 Å². The van der Waals surface area contributed by atoms with E-state index >= 15 is 0 Å². The topological polar surface area (TPSA) is 26.3 Å². The van der Waals surface area contributed by atoms with E-state index < -0.39 is 5.82 Å². The van der Waals surface area contributed by atoms with Crippen LogP contribution in [0.4, 0.5) is 4.39 Å². The number of Topliss-reactive ketones (excluding diaryl/α,β-unsaturated/α-hetero) is 1. The lowest BCUT2D eigenvalue weighted by molar-refractivity contribution is 0.0975. The quantitative estimate of drug-likeness (QED) is 0.353. The molecule has 0 heterocycles. The summed E-state index contributed by atoms with van der Waals surface area (Å²) < 4.78 is 18.4. The third-order valence-corrected chi connectivity index (χ3v) is 3.97. The minimum absolute atomic E-state index is 0.0284. The van der Waals surface area contributed by atoms with Gasteiger partial charge in [0.1, 0.15) is 11.6 Å². The third kappa shape index (κ3) is 7.06. The standard InChI is InChI=1S/C19H29FO2/c1-3-4-5-6-7-8-9-10-11-12-18(21)17-15-16(20)13-14-19(17)22-2/h13-15H,3-12H2,1-2H3. The van der Waals surface area contributed by atoms with Crippen molar-refractivity contribution in [3.8, 4) is 5.75 Å². The largest absolute Gasteiger partial charge is 0.496 e. The predicted octanol–water partition coefficient (Wildman–Crippen LogP) is 5.94. The second-order valence-corrected chi connectivity index (χ2v) is 5.85. The molecule has 22 heavy (non-hydrogen) atoms. The van der Waals surface area contributed by atoms with Gasteiger partial charge in [-0.3, -0.25) is 4.79 Å². The molecular weight excluding hydrogens is 279 g/mol. The van der Waals surface area contributed by atoms with Gasteiger partial charge in [0.25, 0.3) is 0 Å². The van der Waals surface area contributed by atoms with Crippen molar-refractivity contribution in [3.63, 3.8) is 0 Å². The molecule has 0 saturated carbocycles. The molecule has 0 atom stereocenters. The lowest BCUT2D eigenvalue weighted by Crippen LogP contribution is -2.03. The van der Waals surface area contributed by atoms with Crippen molar-refractivity contribution in [3.05, 3.63) is 29.6 Å². The first-order chi connectivity index (χ1) is 10.7. The summed E-state index contributed by atoms with van der Waals surface area (Å²) >= 11 is 0. The molecule has 0 aromatic heterocycles. The number of benzene rings is 1. The summed E-state index contributed by atoms with van der Waals surface area (Å²) in [6, 6.07) is 4.10. The van der Waals surface area contributed by atoms with Crippen molar-refractivity contribution in [1.29, 1.82) is 0 Å². The van der Waals surface area contributed by atoms with Crippen LogP contribution < -0.4 is 4.74 Å². The summed E-state index contributed by atoms with van der Waals surface area (Å²) in [4.78, 5) is 12.1. The van der Waals surface area contributed by atoms with Crippen molar-refractivity contribution in [2.45, 2.75) is 71.1 Å². The minimum atomic E-state index is -0.392. The van der Waals surface area contributed by atoms with Crippen LogP contribution in [-0.2, 0) is 0 Å². The number of carbonyl (C=O) groups excluding carboxylic acids is 1. The van der Waals surface area contributed by atoms with E-state index in [1.54, 1.807) is 0 Å². The van der Waals surface area contributed by atoms with Gasteiger partial charge in [0.05, 0.1) is 12.7 Å². The van der Waals surface area contributed by atoms with Gasteiger partial charge in [-0.2, -0.15) is 0 Å². The van der Waals surface area contributed by atoms with Crippen molar-refractivity contribution in [2.24, 2.45) is 0 Å². The monoisotopic (exact) mass is 308 g/mol. The smallest absolute Gasteiger partial charge is 0.166 e. The summed E-state index contributed by atoms with van der Waals surface area (Å²) in [5.74, 6) is 0.0397. The molecule has 0 aliphatic heterocycles. The molecule has 0 spiro atoms. The summed E-state index contributed by atoms with van der Waals surface area (Å²) in [6.45, 7) is 2.23. The van der Waals surface area contributed by atoms with Crippen LogP contribution in [0.3, 0.4) is 0 Å². The normalized spacial score (nSPS) is 10.7. The molecule has 2 nitrogen and oxygen atoms in total. The highest BCUT2D eigenvalue weighted by Gasteiger charge is 2.12. The molecule has 0 aliphatic carbocycles. The van der Waals surface area contributed by atoms with Gasteiger partial charge in [-0.25, -0.2) is 4.39 Å². The van der Waals surface area contributed by atoms with Gasteiger partial charge in [0.15, 0.2) is 5.78 Å². The van der Waals surface area contributed by atoms with Gasteiger partial charge in [-0.15, -0.1) is 0 Å². The average Bonchev–Trinajstić information content (AvgIpc) is 2.53. The van der Waals surface area contributed by atoms with E-state index in [0.717, 1.165) is 12.8 Å². The summed E-state index contributed by atoms with van der Waals surface area (Å²) in [5.41, 5.74) is 0.363. The molecule has 0 aliphatic rings. The Hall–Kier alpha value is -1.38. The van der Waals surface area contributed by atoms with Gasteiger partial charge < -0.3 is 4.74 Å². The molecule has 0 fully saturated rings. The van der Waals surface area contributed by atoms with Crippen LogP contribution in [0.15, 0.2) is 18.2 Å². The van der Waals surface area contributed by atoms with Crippen molar-refractivity contribution < 1.29 is 13.9 Å². The van der Waals surface area contributed by atoms with Crippen molar-refractivity contribution in [2.75, 3.05) is 7.11 Å². The number of ketones is 1. The van der Waals surface area contributed by atoms with Gasteiger partial charge in [-0.05, 0) is 24.6 Å². The van der Waals surface area contributed by atoms with Crippen LogP contribution >= 0.6 is 0 Å². The molecule has 3 heteroatoms. The number of hydrogen-bond donors (Lipinski definition) is 0. The van der Waals surface area contributed by atoms with Gasteiger partial charge in [-0.1, -0.05) is 58.3 Å². The Bertz CT molecular complexity index is 443. The maximum absolute atomic E-state index is 13.3. The molecule has 0 saturated heterocycles. The second kappa shape index (κ2) is 11.2. The van der Waals surface area contributed by atoms with Crippen LogP contribution in [0.5, 0.6) is 5.75 Å². The Morgan fingerprint density at radius 2 is 1.59 bits per heavy atom. The van der Waals surface area contributed by atoms with Gasteiger partial charge in [0, 0.05) is 6.42 Å². The SMILES string of the molecule is CCCCCCCCCCCC(=O)c1cc(F)ccc1OC. The number of methoxy groups -OCH3 is 1. The van der Waals surface area contributed by atoms with E-state index in [4.69, 9.17) is 4.74 Å². The Balaban J connectivity index is 2.20. The van der Waals surface area contributed by atoms with Crippen LogP contribution in [0.25, 0.3) is 0 Å². The van der Waals surface area contributed by atoms with E-state index in [-0.39, 0.29) is 5.78 Å². The highest BCUT2D eigenvalue weighted by molar-refractivity contribution is 5.98. The first kappa shape index (κ1) is 18.7.